The van der Waals surface area contributed by atoms with E-state index in [1.807, 2.05) is 26.0 Å². The quantitative estimate of drug-likeness (QED) is 0.471. The number of carbonyl (C=O) groups is 2. The van der Waals surface area contributed by atoms with Crippen molar-refractivity contribution in [2.24, 2.45) is 0 Å². The van der Waals surface area contributed by atoms with E-state index in [0.717, 1.165) is 29.0 Å². The van der Waals surface area contributed by atoms with Gasteiger partial charge in [-0.3, -0.25) is 9.59 Å². The molecule has 1 atom stereocenters. The van der Waals surface area contributed by atoms with Gasteiger partial charge in [-0.2, -0.15) is 0 Å². The molecule has 0 aliphatic carbocycles. The third kappa shape index (κ3) is 5.75. The first-order valence-corrected chi connectivity index (χ1v) is 10.4. The monoisotopic (exact) mass is 411 g/mol. The lowest BCUT2D eigenvalue weighted by Crippen LogP contribution is -2.23. The molecule has 2 aromatic carbocycles. The first-order valence-electron chi connectivity index (χ1n) is 10.4. The molecule has 160 valence electrons. The maximum Gasteiger partial charge on any atom is 0.220 e. The molecule has 1 N–H and O–H groups in total. The Kier molecular flexibility index (Phi) is 7.33. The number of hydrogen-bond acceptors (Lipinski definition) is 5. The van der Waals surface area contributed by atoms with Crippen molar-refractivity contribution in [3.63, 3.8) is 0 Å². The van der Waals surface area contributed by atoms with Gasteiger partial charge in [0.05, 0.1) is 13.2 Å². The molecule has 6 heteroatoms. The van der Waals surface area contributed by atoms with Crippen LogP contribution in [0.3, 0.4) is 0 Å². The second-order valence-electron chi connectivity index (χ2n) is 7.44. The molecule has 3 rings (SSSR count). The molecule has 0 radical (unpaired) electrons. The van der Waals surface area contributed by atoms with E-state index in [4.69, 9.17) is 14.2 Å². The molecule has 6 nitrogen and oxygen atoms in total. The van der Waals surface area contributed by atoms with Gasteiger partial charge >= 0.3 is 0 Å². The van der Waals surface area contributed by atoms with Gasteiger partial charge in [-0.1, -0.05) is 0 Å². The molecule has 0 saturated heterocycles. The zero-order chi connectivity index (χ0) is 21.5. The van der Waals surface area contributed by atoms with E-state index >= 15 is 0 Å². The minimum Gasteiger partial charge on any atom is -0.494 e. The van der Waals surface area contributed by atoms with Crippen LogP contribution in [-0.4, -0.2) is 31.0 Å². The number of ketones is 1. The molecule has 0 saturated carbocycles. The molecule has 0 aromatic heterocycles. The first-order chi connectivity index (χ1) is 14.5. The number of Topliss-reactive ketones (excluding diaryl/α,β-unsaturated/α-hetero) is 1. The molecule has 0 unspecified atom stereocenters. The summed E-state index contributed by atoms with van der Waals surface area (Å²) in [5.74, 6) is 2.35. The summed E-state index contributed by atoms with van der Waals surface area (Å²) in [7, 11) is 0. The molecule has 1 aliphatic rings. The molecule has 1 amide bonds. The Bertz CT molecular complexity index is 891. The zero-order valence-electron chi connectivity index (χ0n) is 17.8. The standard InChI is InChI=1S/C24H29NO5/c1-4-28-22-13-19-12-16(2)30-23(19)14-20(22)15-25-24(27)6-5-11-29-21-9-7-18(8-10-21)17(3)26/h7-10,13-14,16H,4-6,11-12,15H2,1-3H3,(H,25,27)/t16-/m0/s1. The highest BCUT2D eigenvalue weighted by Crippen LogP contribution is 2.35. The van der Waals surface area contributed by atoms with Crippen LogP contribution in [0.4, 0.5) is 0 Å². The lowest BCUT2D eigenvalue weighted by molar-refractivity contribution is -0.121. The smallest absolute Gasteiger partial charge is 0.220 e. The highest BCUT2D eigenvalue weighted by molar-refractivity contribution is 5.94. The van der Waals surface area contributed by atoms with Gasteiger partial charge in [0.15, 0.2) is 5.78 Å². The van der Waals surface area contributed by atoms with Crippen molar-refractivity contribution in [1.82, 2.24) is 5.32 Å². The number of nitrogens with one attached hydrogen (secondary N) is 1. The molecule has 0 spiro atoms. The predicted octanol–water partition coefficient (Wildman–Crippen LogP) is 4.09. The second kappa shape index (κ2) is 10.1. The molecular weight excluding hydrogens is 382 g/mol. The van der Waals surface area contributed by atoms with Crippen molar-refractivity contribution in [2.75, 3.05) is 13.2 Å². The Hall–Kier alpha value is -3.02. The van der Waals surface area contributed by atoms with Crippen molar-refractivity contribution < 1.29 is 23.8 Å². The maximum atomic E-state index is 12.2. The molecule has 1 aliphatic heterocycles. The Morgan fingerprint density at radius 1 is 1.17 bits per heavy atom. The van der Waals surface area contributed by atoms with Crippen LogP contribution < -0.4 is 19.5 Å². The average molecular weight is 411 g/mol. The Balaban J connectivity index is 1.44. The lowest BCUT2D eigenvalue weighted by Gasteiger charge is -2.13. The number of benzene rings is 2. The summed E-state index contributed by atoms with van der Waals surface area (Å²) < 4.78 is 17.2. The number of carbonyl (C=O) groups excluding carboxylic acids is 2. The van der Waals surface area contributed by atoms with E-state index in [0.29, 0.717) is 43.9 Å². The van der Waals surface area contributed by atoms with Crippen LogP contribution in [0.25, 0.3) is 0 Å². The highest BCUT2D eigenvalue weighted by Gasteiger charge is 2.22. The van der Waals surface area contributed by atoms with Crippen molar-refractivity contribution in [1.29, 1.82) is 0 Å². The van der Waals surface area contributed by atoms with Crippen molar-refractivity contribution in [3.8, 4) is 17.2 Å². The molecule has 2 aromatic rings. The maximum absolute atomic E-state index is 12.2. The van der Waals surface area contributed by atoms with Crippen LogP contribution in [0.2, 0.25) is 0 Å². The van der Waals surface area contributed by atoms with Crippen LogP contribution in [-0.2, 0) is 17.8 Å². The summed E-state index contributed by atoms with van der Waals surface area (Å²) in [5.41, 5.74) is 2.72. The minimum absolute atomic E-state index is 0.0233. The predicted molar refractivity (Wildman–Crippen MR) is 114 cm³/mol. The van der Waals surface area contributed by atoms with Crippen molar-refractivity contribution in [3.05, 3.63) is 53.1 Å². The normalized spacial score (nSPS) is 14.6. The zero-order valence-corrected chi connectivity index (χ0v) is 17.8. The molecule has 1 heterocycles. The lowest BCUT2D eigenvalue weighted by atomic mass is 10.1. The van der Waals surface area contributed by atoms with E-state index in [2.05, 4.69) is 5.32 Å². The summed E-state index contributed by atoms with van der Waals surface area (Å²) in [6, 6.07) is 11.0. The number of fused-ring (bicyclic) bond motifs is 1. The van der Waals surface area contributed by atoms with Gasteiger partial charge in [0.25, 0.3) is 0 Å². The topological polar surface area (TPSA) is 73.9 Å². The summed E-state index contributed by atoms with van der Waals surface area (Å²) in [5, 5.41) is 2.95. The van der Waals surface area contributed by atoms with Crippen LogP contribution in [0.5, 0.6) is 17.2 Å². The summed E-state index contributed by atoms with van der Waals surface area (Å²) in [6.07, 6.45) is 2.01. The van der Waals surface area contributed by atoms with Crippen LogP contribution in [0.1, 0.15) is 55.1 Å². The second-order valence-corrected chi connectivity index (χ2v) is 7.44. The average Bonchev–Trinajstić information content (AvgIpc) is 3.08. The van der Waals surface area contributed by atoms with Crippen LogP contribution in [0.15, 0.2) is 36.4 Å². The van der Waals surface area contributed by atoms with Crippen LogP contribution in [0, 0.1) is 0 Å². The third-order valence-electron chi connectivity index (χ3n) is 4.93. The minimum atomic E-state index is -0.0391. The van der Waals surface area contributed by atoms with Gasteiger partial charge in [-0.05, 0) is 63.6 Å². The Labute approximate surface area is 177 Å². The fourth-order valence-electron chi connectivity index (χ4n) is 3.40. The van der Waals surface area contributed by atoms with Gasteiger partial charge in [-0.15, -0.1) is 0 Å². The third-order valence-corrected chi connectivity index (χ3v) is 4.93. The number of hydrogen-bond donors (Lipinski definition) is 1. The summed E-state index contributed by atoms with van der Waals surface area (Å²) in [4.78, 5) is 23.5. The van der Waals surface area contributed by atoms with E-state index < -0.39 is 0 Å². The molecule has 0 fully saturated rings. The van der Waals surface area contributed by atoms with Crippen molar-refractivity contribution >= 4 is 11.7 Å². The molecule has 30 heavy (non-hydrogen) atoms. The number of amides is 1. The summed E-state index contributed by atoms with van der Waals surface area (Å²) in [6.45, 7) is 6.92. The highest BCUT2D eigenvalue weighted by atomic mass is 16.5. The fraction of sp³-hybridized carbons (Fsp3) is 0.417. The van der Waals surface area contributed by atoms with Gasteiger partial charge in [0, 0.05) is 36.1 Å². The molecular formula is C24H29NO5. The Morgan fingerprint density at radius 3 is 2.63 bits per heavy atom. The Morgan fingerprint density at radius 2 is 1.93 bits per heavy atom. The largest absolute Gasteiger partial charge is 0.494 e. The summed E-state index contributed by atoms with van der Waals surface area (Å²) >= 11 is 0. The van der Waals surface area contributed by atoms with E-state index in [9.17, 15) is 9.59 Å². The van der Waals surface area contributed by atoms with E-state index in [1.165, 1.54) is 6.92 Å². The fourth-order valence-corrected chi connectivity index (χ4v) is 3.40. The number of ether oxygens (including phenoxy) is 3. The van der Waals surface area contributed by atoms with Gasteiger partial charge in [0.1, 0.15) is 23.4 Å². The van der Waals surface area contributed by atoms with Gasteiger partial charge in [0.2, 0.25) is 5.91 Å². The SMILES string of the molecule is CCOc1cc2c(cc1CNC(=O)CCCOc1ccc(C(C)=O)cc1)O[C@@H](C)C2. The van der Waals surface area contributed by atoms with Gasteiger partial charge in [-0.25, -0.2) is 0 Å². The van der Waals surface area contributed by atoms with Gasteiger partial charge < -0.3 is 19.5 Å². The van der Waals surface area contributed by atoms with Crippen LogP contribution >= 0.6 is 0 Å². The first kappa shape index (κ1) is 21.7. The molecule has 0 bridgehead atoms. The number of rotatable bonds is 10. The van der Waals surface area contributed by atoms with E-state index in [1.54, 1.807) is 24.3 Å². The van der Waals surface area contributed by atoms with Crippen molar-refractivity contribution in [2.45, 2.75) is 52.7 Å². The van der Waals surface area contributed by atoms with E-state index in [-0.39, 0.29) is 17.8 Å².